The number of nitrogens with zero attached hydrogens (tertiary/aromatic N) is 2. The van der Waals surface area contributed by atoms with E-state index in [1.54, 1.807) is 45.2 Å². The number of H-pyrrole nitrogens is 1. The number of hydrogen-bond donors (Lipinski definition) is 3. The first-order chi connectivity index (χ1) is 13.2. The number of aromatic amines is 1. The minimum absolute atomic E-state index is 0.0365. The van der Waals surface area contributed by atoms with Crippen molar-refractivity contribution in [3.8, 4) is 0 Å². The fourth-order valence-corrected chi connectivity index (χ4v) is 4.04. The highest BCUT2D eigenvalue weighted by Crippen LogP contribution is 2.17. The van der Waals surface area contributed by atoms with Crippen LogP contribution in [0.4, 0.5) is 11.4 Å². The van der Waals surface area contributed by atoms with E-state index in [-0.39, 0.29) is 16.9 Å². The lowest BCUT2D eigenvalue weighted by Crippen LogP contribution is -2.18. The van der Waals surface area contributed by atoms with E-state index in [1.165, 1.54) is 10.7 Å². The molecule has 3 rings (SSSR count). The van der Waals surface area contributed by atoms with Gasteiger partial charge in [-0.15, -0.1) is 0 Å². The number of fused-ring (bicyclic) bond motifs is 1. The molecule has 0 unspecified atom stereocenters. The van der Waals surface area contributed by atoms with Crippen molar-refractivity contribution in [3.63, 3.8) is 0 Å². The maximum Gasteiger partial charge on any atom is 0.272 e. The van der Waals surface area contributed by atoms with Crippen LogP contribution in [0.2, 0.25) is 0 Å². The highest BCUT2D eigenvalue weighted by molar-refractivity contribution is 7.92. The number of hydrogen-bond acceptors (Lipinski definition) is 5. The Balaban J connectivity index is 1.79. The predicted molar refractivity (Wildman–Crippen MR) is 108 cm³/mol. The van der Waals surface area contributed by atoms with Crippen LogP contribution in [0.15, 0.2) is 35.1 Å². The Labute approximate surface area is 161 Å². The van der Waals surface area contributed by atoms with Crippen LogP contribution in [0.5, 0.6) is 0 Å². The van der Waals surface area contributed by atoms with E-state index in [2.05, 4.69) is 20.1 Å². The molecule has 1 aromatic carbocycles. The summed E-state index contributed by atoms with van der Waals surface area (Å²) < 4.78 is 27.6. The van der Waals surface area contributed by atoms with Crippen LogP contribution in [0.3, 0.4) is 0 Å². The average molecular weight is 403 g/mol. The van der Waals surface area contributed by atoms with Gasteiger partial charge in [0.15, 0.2) is 5.43 Å². The van der Waals surface area contributed by atoms with Gasteiger partial charge >= 0.3 is 0 Å². The SMILES string of the molecule is CCCS(=O)(=O)Nc1ccc(NC(=O)c2cc(=O)c3c(C)nn(C)c3[nH]2)cc1. The zero-order valence-electron chi connectivity index (χ0n) is 15.7. The molecule has 0 bridgehead atoms. The molecule has 1 amide bonds. The largest absolute Gasteiger partial charge is 0.335 e. The number of aryl methyl sites for hydroxylation is 2. The number of anilines is 2. The molecule has 0 aliphatic rings. The van der Waals surface area contributed by atoms with Crippen molar-refractivity contribution in [2.24, 2.45) is 7.05 Å². The Morgan fingerprint density at radius 1 is 1.21 bits per heavy atom. The van der Waals surface area contributed by atoms with Gasteiger partial charge in [-0.2, -0.15) is 5.10 Å². The van der Waals surface area contributed by atoms with E-state index < -0.39 is 15.9 Å². The number of nitrogens with one attached hydrogen (secondary N) is 3. The highest BCUT2D eigenvalue weighted by Gasteiger charge is 2.15. The van der Waals surface area contributed by atoms with Crippen molar-refractivity contribution in [1.29, 1.82) is 0 Å². The molecule has 0 saturated heterocycles. The fraction of sp³-hybridized carbons (Fsp3) is 0.278. The lowest BCUT2D eigenvalue weighted by molar-refractivity contribution is 0.102. The number of amides is 1. The minimum Gasteiger partial charge on any atom is -0.335 e. The summed E-state index contributed by atoms with van der Waals surface area (Å²) in [6, 6.07) is 7.50. The van der Waals surface area contributed by atoms with Gasteiger partial charge in [-0.3, -0.25) is 19.0 Å². The maximum absolute atomic E-state index is 12.5. The lowest BCUT2D eigenvalue weighted by atomic mass is 10.2. The van der Waals surface area contributed by atoms with E-state index in [0.29, 0.717) is 34.5 Å². The van der Waals surface area contributed by atoms with Crippen LogP contribution in [0.1, 0.15) is 29.5 Å². The summed E-state index contributed by atoms with van der Waals surface area (Å²) in [6.07, 6.45) is 0.516. The van der Waals surface area contributed by atoms with Gasteiger partial charge in [-0.1, -0.05) is 6.92 Å². The number of rotatable bonds is 6. The normalized spacial score (nSPS) is 11.5. The molecule has 28 heavy (non-hydrogen) atoms. The first-order valence-electron chi connectivity index (χ1n) is 8.68. The highest BCUT2D eigenvalue weighted by atomic mass is 32.2. The Hall–Kier alpha value is -3.14. The van der Waals surface area contributed by atoms with Crippen LogP contribution in [0, 0.1) is 6.92 Å². The number of aromatic nitrogens is 3. The lowest BCUT2D eigenvalue weighted by Gasteiger charge is -2.09. The van der Waals surface area contributed by atoms with Gasteiger partial charge < -0.3 is 10.3 Å². The molecule has 0 radical (unpaired) electrons. The van der Waals surface area contributed by atoms with Crippen molar-refractivity contribution in [1.82, 2.24) is 14.8 Å². The van der Waals surface area contributed by atoms with Gasteiger partial charge in [-0.25, -0.2) is 8.42 Å². The number of carbonyl (C=O) groups is 1. The van der Waals surface area contributed by atoms with Gasteiger partial charge in [0.2, 0.25) is 10.0 Å². The topological polar surface area (TPSA) is 126 Å². The van der Waals surface area contributed by atoms with Crippen LogP contribution in [-0.4, -0.2) is 34.8 Å². The van der Waals surface area contributed by atoms with Gasteiger partial charge in [-0.05, 0) is 37.6 Å². The third kappa shape index (κ3) is 4.06. The molecule has 10 heteroatoms. The molecule has 0 fully saturated rings. The molecule has 0 aliphatic carbocycles. The van der Waals surface area contributed by atoms with E-state index in [1.807, 2.05) is 0 Å². The molecule has 0 aliphatic heterocycles. The second-order valence-electron chi connectivity index (χ2n) is 6.43. The third-order valence-electron chi connectivity index (χ3n) is 4.13. The van der Waals surface area contributed by atoms with E-state index in [0.717, 1.165) is 0 Å². The number of sulfonamides is 1. The summed E-state index contributed by atoms with van der Waals surface area (Å²) in [5.41, 5.74) is 1.75. The standard InChI is InChI=1S/C18H21N5O4S/c1-4-9-28(26,27)22-13-7-5-12(6-8-13)19-18(25)14-10-15(24)16-11(2)21-23(3)17(16)20-14/h5-8,10,22H,4,9H2,1-3H3,(H,19,25)(H,20,24). The molecule has 148 valence electrons. The monoisotopic (exact) mass is 403 g/mol. The quantitative estimate of drug-likeness (QED) is 0.580. The molecule has 0 spiro atoms. The summed E-state index contributed by atoms with van der Waals surface area (Å²) >= 11 is 0. The number of pyridine rings is 1. The first kappa shape index (κ1) is 19.6. The molecule has 3 N–H and O–H groups in total. The van der Waals surface area contributed by atoms with Gasteiger partial charge in [0.05, 0.1) is 16.8 Å². The minimum atomic E-state index is -3.38. The van der Waals surface area contributed by atoms with Gasteiger partial charge in [0.1, 0.15) is 11.3 Å². The predicted octanol–water partition coefficient (Wildman–Crippen LogP) is 1.97. The number of benzene rings is 1. The Morgan fingerprint density at radius 3 is 2.50 bits per heavy atom. The molecule has 3 aromatic rings. The van der Waals surface area contributed by atoms with Crippen LogP contribution in [0.25, 0.3) is 11.0 Å². The third-order valence-corrected chi connectivity index (χ3v) is 5.62. The van der Waals surface area contributed by atoms with Gasteiger partial charge in [0.25, 0.3) is 5.91 Å². The Morgan fingerprint density at radius 2 is 1.86 bits per heavy atom. The Bertz CT molecular complexity index is 1190. The molecule has 2 aromatic heterocycles. The van der Waals surface area contributed by atoms with Crippen LogP contribution in [-0.2, 0) is 17.1 Å². The second kappa shape index (κ2) is 7.47. The summed E-state index contributed by atoms with van der Waals surface area (Å²) in [6.45, 7) is 3.51. The van der Waals surface area contributed by atoms with Crippen molar-refractivity contribution in [3.05, 3.63) is 51.9 Å². The molecular weight excluding hydrogens is 382 g/mol. The first-order valence-corrected chi connectivity index (χ1v) is 10.3. The average Bonchev–Trinajstić information content (AvgIpc) is 2.90. The van der Waals surface area contributed by atoms with E-state index >= 15 is 0 Å². The summed E-state index contributed by atoms with van der Waals surface area (Å²) in [4.78, 5) is 27.7. The second-order valence-corrected chi connectivity index (χ2v) is 8.27. The summed E-state index contributed by atoms with van der Waals surface area (Å²) in [7, 11) is -1.69. The number of carbonyl (C=O) groups excluding carboxylic acids is 1. The fourth-order valence-electron chi connectivity index (χ4n) is 2.91. The van der Waals surface area contributed by atoms with Crippen LogP contribution < -0.4 is 15.5 Å². The maximum atomic E-state index is 12.5. The molecule has 2 heterocycles. The zero-order chi connectivity index (χ0) is 20.5. The van der Waals surface area contributed by atoms with E-state index in [4.69, 9.17) is 0 Å². The van der Waals surface area contributed by atoms with E-state index in [9.17, 15) is 18.0 Å². The summed E-state index contributed by atoms with van der Waals surface area (Å²) in [5, 5.41) is 7.31. The van der Waals surface area contributed by atoms with Crippen LogP contribution >= 0.6 is 0 Å². The summed E-state index contributed by atoms with van der Waals surface area (Å²) in [5.74, 6) is -0.452. The Kier molecular flexibility index (Phi) is 5.23. The van der Waals surface area contributed by atoms with Gasteiger partial charge in [0, 0.05) is 24.5 Å². The molecule has 0 saturated carbocycles. The van der Waals surface area contributed by atoms with Crippen molar-refractivity contribution >= 4 is 38.3 Å². The smallest absolute Gasteiger partial charge is 0.272 e. The van der Waals surface area contributed by atoms with Crippen molar-refractivity contribution in [2.45, 2.75) is 20.3 Å². The molecule has 0 atom stereocenters. The van der Waals surface area contributed by atoms with Crippen molar-refractivity contribution in [2.75, 3.05) is 15.8 Å². The molecule has 9 nitrogen and oxygen atoms in total. The van der Waals surface area contributed by atoms with Crippen molar-refractivity contribution < 1.29 is 13.2 Å². The zero-order valence-corrected chi connectivity index (χ0v) is 16.6. The molecular formula is C18H21N5O4S.